The van der Waals surface area contributed by atoms with E-state index in [2.05, 4.69) is 9.88 Å². The number of carbonyl (C=O) groups excluding carboxylic acids is 1. The number of hydrogen-bond acceptors (Lipinski definition) is 5. The van der Waals surface area contributed by atoms with Gasteiger partial charge in [0.05, 0.1) is 17.6 Å². The number of aromatic nitrogens is 2. The highest BCUT2D eigenvalue weighted by Crippen LogP contribution is 2.44. The van der Waals surface area contributed by atoms with Gasteiger partial charge in [-0.3, -0.25) is 9.69 Å². The Balaban J connectivity index is 1.42. The zero-order valence-corrected chi connectivity index (χ0v) is 21.3. The van der Waals surface area contributed by atoms with Crippen LogP contribution in [0.4, 0.5) is 0 Å². The molecule has 2 aromatic rings. The minimum absolute atomic E-state index is 0.0799. The van der Waals surface area contributed by atoms with E-state index < -0.39 is 5.97 Å². The van der Waals surface area contributed by atoms with Crippen molar-refractivity contribution in [3.05, 3.63) is 40.3 Å². The van der Waals surface area contributed by atoms with Gasteiger partial charge in [-0.1, -0.05) is 63.5 Å². The summed E-state index contributed by atoms with van der Waals surface area (Å²) in [6.07, 6.45) is 18.1. The smallest absolute Gasteiger partial charge is 0.362 e. The fourth-order valence-electron chi connectivity index (χ4n) is 7.10. The molecule has 0 N–H and O–H groups in total. The molecule has 190 valence electrons. The second-order valence-electron chi connectivity index (χ2n) is 10.9. The number of esters is 1. The van der Waals surface area contributed by atoms with E-state index in [0.29, 0.717) is 23.6 Å². The zero-order valence-electron chi connectivity index (χ0n) is 21.3. The lowest BCUT2D eigenvalue weighted by atomic mass is 9.91. The first-order chi connectivity index (χ1) is 17.2. The largest absolute Gasteiger partial charge is 0.461 e. The van der Waals surface area contributed by atoms with Crippen LogP contribution in [0.2, 0.25) is 0 Å². The predicted octanol–water partition coefficient (Wildman–Crippen LogP) is 6.02. The van der Waals surface area contributed by atoms with Crippen molar-refractivity contribution in [1.29, 1.82) is 0 Å². The van der Waals surface area contributed by atoms with Crippen molar-refractivity contribution in [2.45, 2.75) is 121 Å². The lowest BCUT2D eigenvalue weighted by molar-refractivity contribution is 0.0495. The molecular weight excluding hydrogens is 438 g/mol. The molecule has 5 rings (SSSR count). The second-order valence-corrected chi connectivity index (χ2v) is 10.9. The van der Waals surface area contributed by atoms with Gasteiger partial charge in [0, 0.05) is 24.2 Å². The average molecular weight is 480 g/mol. The van der Waals surface area contributed by atoms with Gasteiger partial charge in [0.1, 0.15) is 0 Å². The topological polar surface area (TPSA) is 64.4 Å². The normalized spacial score (nSPS) is 26.9. The quantitative estimate of drug-likeness (QED) is 0.502. The number of fused-ring (bicyclic) bond motifs is 3. The molecule has 6 heteroatoms. The van der Waals surface area contributed by atoms with Crippen molar-refractivity contribution in [1.82, 2.24) is 14.5 Å². The van der Waals surface area contributed by atoms with Gasteiger partial charge in [-0.05, 0) is 57.6 Å². The van der Waals surface area contributed by atoms with Crippen LogP contribution in [0.1, 0.15) is 113 Å². The van der Waals surface area contributed by atoms with Crippen molar-refractivity contribution in [3.8, 4) is 0 Å². The molecule has 35 heavy (non-hydrogen) atoms. The van der Waals surface area contributed by atoms with Crippen LogP contribution in [-0.4, -0.2) is 45.2 Å². The molecule has 3 fully saturated rings. The molecule has 0 radical (unpaired) electrons. The van der Waals surface area contributed by atoms with Crippen molar-refractivity contribution in [3.63, 3.8) is 0 Å². The molecule has 3 atom stereocenters. The molecule has 0 spiro atoms. The second kappa shape index (κ2) is 11.2. The highest BCUT2D eigenvalue weighted by Gasteiger charge is 2.44. The summed E-state index contributed by atoms with van der Waals surface area (Å²) in [6, 6.07) is 9.56. The van der Waals surface area contributed by atoms with Crippen LogP contribution < -0.4 is 5.56 Å². The summed E-state index contributed by atoms with van der Waals surface area (Å²) >= 11 is 0. The third-order valence-corrected chi connectivity index (χ3v) is 8.64. The van der Waals surface area contributed by atoms with Crippen LogP contribution in [0, 0.1) is 0 Å². The minimum Gasteiger partial charge on any atom is -0.461 e. The van der Waals surface area contributed by atoms with Crippen LogP contribution in [-0.2, 0) is 4.74 Å². The van der Waals surface area contributed by atoms with Crippen LogP contribution in [0.3, 0.4) is 0 Å². The fourth-order valence-corrected chi connectivity index (χ4v) is 7.10. The Bertz CT molecular complexity index is 1050. The van der Waals surface area contributed by atoms with Gasteiger partial charge >= 0.3 is 5.97 Å². The summed E-state index contributed by atoms with van der Waals surface area (Å²) in [4.78, 5) is 33.4. The molecule has 2 bridgehead atoms. The summed E-state index contributed by atoms with van der Waals surface area (Å²) in [5, 5.41) is 0. The summed E-state index contributed by atoms with van der Waals surface area (Å²) in [5.74, 6) is -0.616. The molecule has 1 aromatic heterocycles. The van der Waals surface area contributed by atoms with E-state index in [9.17, 15) is 9.59 Å². The van der Waals surface area contributed by atoms with E-state index >= 15 is 0 Å². The van der Waals surface area contributed by atoms with E-state index in [1.807, 2.05) is 28.8 Å². The molecule has 0 amide bonds. The molecule has 3 heterocycles. The minimum atomic E-state index is -0.616. The first-order valence-electron chi connectivity index (χ1n) is 14.1. The fraction of sp³-hybridized carbons (Fsp3) is 0.690. The van der Waals surface area contributed by atoms with E-state index in [4.69, 9.17) is 4.74 Å². The maximum Gasteiger partial charge on any atom is 0.362 e. The molecule has 0 unspecified atom stereocenters. The third-order valence-electron chi connectivity index (χ3n) is 8.64. The van der Waals surface area contributed by atoms with Gasteiger partial charge in [0.2, 0.25) is 5.69 Å². The van der Waals surface area contributed by atoms with Gasteiger partial charge in [-0.25, -0.2) is 9.78 Å². The lowest BCUT2D eigenvalue weighted by Crippen LogP contribution is -2.50. The predicted molar refractivity (Wildman–Crippen MR) is 139 cm³/mol. The number of para-hydroxylation sites is 2. The number of rotatable bonds is 4. The van der Waals surface area contributed by atoms with Crippen molar-refractivity contribution < 1.29 is 9.53 Å². The third kappa shape index (κ3) is 5.18. The maximum atomic E-state index is 13.6. The Morgan fingerprint density at radius 3 is 2.09 bits per heavy atom. The SMILES string of the molecule is CCOC(=O)c1nc2ccccc2n([C@H]2C[C@H]3CC[C@@H](C2)N3C2CCCCCCCCCC2)c1=O. The highest BCUT2D eigenvalue weighted by atomic mass is 16.5. The van der Waals surface area contributed by atoms with Crippen molar-refractivity contribution in [2.75, 3.05) is 6.61 Å². The summed E-state index contributed by atoms with van der Waals surface area (Å²) in [7, 11) is 0. The van der Waals surface area contributed by atoms with Crippen molar-refractivity contribution >= 4 is 17.0 Å². The van der Waals surface area contributed by atoms with E-state index in [0.717, 1.165) is 18.4 Å². The Labute approximate surface area is 209 Å². The zero-order chi connectivity index (χ0) is 24.2. The summed E-state index contributed by atoms with van der Waals surface area (Å²) < 4.78 is 7.06. The van der Waals surface area contributed by atoms with Crippen LogP contribution in [0.15, 0.2) is 29.1 Å². The summed E-state index contributed by atoms with van der Waals surface area (Å²) in [5.41, 5.74) is 1.14. The van der Waals surface area contributed by atoms with Crippen LogP contribution >= 0.6 is 0 Å². The summed E-state index contributed by atoms with van der Waals surface area (Å²) in [6.45, 7) is 1.99. The Morgan fingerprint density at radius 2 is 1.46 bits per heavy atom. The molecule has 2 saturated heterocycles. The van der Waals surface area contributed by atoms with E-state index in [1.165, 1.54) is 77.0 Å². The first-order valence-corrected chi connectivity index (χ1v) is 14.1. The number of hydrogen-bond donors (Lipinski definition) is 0. The average Bonchev–Trinajstić information content (AvgIpc) is 3.09. The first kappa shape index (κ1) is 24.5. The molecular formula is C29H41N3O3. The van der Waals surface area contributed by atoms with E-state index in [-0.39, 0.29) is 23.9 Å². The lowest BCUT2D eigenvalue weighted by Gasteiger charge is -2.44. The highest BCUT2D eigenvalue weighted by molar-refractivity contribution is 5.89. The maximum absolute atomic E-state index is 13.6. The molecule has 1 saturated carbocycles. The van der Waals surface area contributed by atoms with Crippen molar-refractivity contribution in [2.24, 2.45) is 0 Å². The van der Waals surface area contributed by atoms with Crippen LogP contribution in [0.25, 0.3) is 11.0 Å². The Hall–Kier alpha value is -2.21. The molecule has 2 aliphatic heterocycles. The van der Waals surface area contributed by atoms with Crippen LogP contribution in [0.5, 0.6) is 0 Å². The number of benzene rings is 1. The monoisotopic (exact) mass is 479 g/mol. The van der Waals surface area contributed by atoms with Gasteiger partial charge in [0.25, 0.3) is 5.56 Å². The van der Waals surface area contributed by atoms with Gasteiger partial charge in [0.15, 0.2) is 0 Å². The molecule has 6 nitrogen and oxygen atoms in total. The van der Waals surface area contributed by atoms with E-state index in [1.54, 1.807) is 6.92 Å². The molecule has 1 aromatic carbocycles. The number of nitrogens with zero attached hydrogens (tertiary/aromatic N) is 3. The van der Waals surface area contributed by atoms with Gasteiger partial charge < -0.3 is 9.30 Å². The Morgan fingerprint density at radius 1 is 0.857 bits per heavy atom. The van der Waals surface area contributed by atoms with Gasteiger partial charge in [-0.2, -0.15) is 0 Å². The molecule has 1 aliphatic carbocycles. The standard InChI is InChI=1S/C29H41N3O3/c1-2-35-29(34)27-28(33)32(26-16-12-11-15-25(26)30-27)24-19-22-17-18-23(20-24)31(22)21-13-9-7-5-3-4-6-8-10-14-21/h11-12,15-16,21-24H,2-10,13-14,17-20H2,1H3/t22-,23+,24+. The number of ether oxygens (including phenoxy) is 1. The molecule has 3 aliphatic rings. The number of piperidine rings is 1. The Kier molecular flexibility index (Phi) is 7.86. The number of carbonyl (C=O) groups is 1. The van der Waals surface area contributed by atoms with Gasteiger partial charge in [-0.15, -0.1) is 0 Å².